The molecule has 0 aliphatic carbocycles. The van der Waals surface area contributed by atoms with Crippen LogP contribution in [-0.2, 0) is 0 Å². The van der Waals surface area contributed by atoms with Gasteiger partial charge in [0.05, 0.1) is 3.79 Å². The van der Waals surface area contributed by atoms with Gasteiger partial charge in [-0.05, 0) is 65.0 Å². The summed E-state index contributed by atoms with van der Waals surface area (Å²) < 4.78 is 7.22. The summed E-state index contributed by atoms with van der Waals surface area (Å²) in [5.41, 5.74) is 6.22. The zero-order valence-corrected chi connectivity index (χ0v) is 14.7. The van der Waals surface area contributed by atoms with Crippen molar-refractivity contribution in [3.05, 3.63) is 45.1 Å². The average Bonchev–Trinajstić information content (AvgIpc) is 2.91. The topological polar surface area (TPSA) is 35.2 Å². The molecule has 2 nitrogen and oxygen atoms in total. The van der Waals surface area contributed by atoms with Crippen molar-refractivity contribution < 1.29 is 4.74 Å². The van der Waals surface area contributed by atoms with Crippen LogP contribution in [0.2, 0.25) is 0 Å². The number of ether oxygens (including phenoxy) is 1. The molecule has 0 spiro atoms. The van der Waals surface area contributed by atoms with Crippen molar-refractivity contribution in [2.24, 2.45) is 5.73 Å². The second-order valence-electron chi connectivity index (χ2n) is 4.43. The van der Waals surface area contributed by atoms with E-state index in [1.165, 1.54) is 4.90 Å². The summed E-state index contributed by atoms with van der Waals surface area (Å²) >= 11 is 6.89. The number of hydrogen-bond donors (Lipinski definition) is 1. The molecule has 2 N–H and O–H groups in total. The molecule has 1 aromatic heterocycles. The van der Waals surface area contributed by atoms with Gasteiger partial charge in [0.25, 0.3) is 0 Å². The Balaban J connectivity index is 2.18. The maximum absolute atomic E-state index is 6.22. The molecule has 2 rings (SSSR count). The van der Waals surface area contributed by atoms with E-state index in [1.807, 2.05) is 18.2 Å². The Morgan fingerprint density at radius 2 is 1.95 bits per heavy atom. The number of halogens is 1. The summed E-state index contributed by atoms with van der Waals surface area (Å²) in [5, 5.41) is 0. The van der Waals surface area contributed by atoms with E-state index in [2.05, 4.69) is 47.3 Å². The van der Waals surface area contributed by atoms with Crippen LogP contribution < -0.4 is 10.5 Å². The van der Waals surface area contributed by atoms with Gasteiger partial charge in [-0.2, -0.15) is 0 Å². The molecule has 2 unspecified atom stereocenters. The second-order valence-corrected chi connectivity index (χ2v) is 7.80. The number of benzene rings is 1. The second kappa shape index (κ2) is 7.50. The molecule has 5 heteroatoms. The lowest BCUT2D eigenvalue weighted by atomic mass is 10.1. The van der Waals surface area contributed by atoms with Crippen LogP contribution in [-0.4, -0.2) is 12.3 Å². The molecule has 108 valence electrons. The highest BCUT2D eigenvalue weighted by Crippen LogP contribution is 2.33. The Morgan fingerprint density at radius 3 is 2.45 bits per heavy atom. The molecule has 0 saturated heterocycles. The number of rotatable bonds is 6. The minimum absolute atomic E-state index is 0.0132. The van der Waals surface area contributed by atoms with Gasteiger partial charge in [-0.3, -0.25) is 0 Å². The quantitative estimate of drug-likeness (QED) is 0.718. The molecule has 0 aliphatic rings. The van der Waals surface area contributed by atoms with Crippen LogP contribution in [0.4, 0.5) is 0 Å². The van der Waals surface area contributed by atoms with E-state index in [-0.39, 0.29) is 12.1 Å². The van der Waals surface area contributed by atoms with Crippen molar-refractivity contribution in [3.63, 3.8) is 0 Å². The standard InChI is InChI=1S/C15H18BrNOS2/c1-3-12(17)15(13-8-9-14(16)20-13)18-10-4-6-11(19-2)7-5-10/h4-9,12,15H,3,17H2,1-2H3. The molecule has 0 bridgehead atoms. The predicted octanol–water partition coefficient (Wildman–Crippen LogP) is 5.09. The minimum atomic E-state index is -0.101. The lowest BCUT2D eigenvalue weighted by molar-refractivity contribution is 0.174. The van der Waals surface area contributed by atoms with E-state index < -0.39 is 0 Å². The molecule has 2 aromatic rings. The van der Waals surface area contributed by atoms with Gasteiger partial charge in [-0.15, -0.1) is 23.1 Å². The van der Waals surface area contributed by atoms with Crippen LogP contribution in [0, 0.1) is 0 Å². The SMILES string of the molecule is CCC(N)C(Oc1ccc(SC)cc1)c1ccc(Br)s1. The van der Waals surface area contributed by atoms with E-state index in [9.17, 15) is 0 Å². The van der Waals surface area contributed by atoms with E-state index in [1.54, 1.807) is 23.1 Å². The van der Waals surface area contributed by atoms with Crippen molar-refractivity contribution in [3.8, 4) is 5.75 Å². The molecule has 0 amide bonds. The smallest absolute Gasteiger partial charge is 0.148 e. The molecule has 20 heavy (non-hydrogen) atoms. The van der Waals surface area contributed by atoms with Crippen LogP contribution >= 0.6 is 39.0 Å². The molecule has 0 saturated carbocycles. The van der Waals surface area contributed by atoms with Gasteiger partial charge in [0.15, 0.2) is 0 Å². The number of nitrogens with two attached hydrogens (primary N) is 1. The lowest BCUT2D eigenvalue weighted by Crippen LogP contribution is -2.30. The number of thiophene rings is 1. The van der Waals surface area contributed by atoms with E-state index >= 15 is 0 Å². The summed E-state index contributed by atoms with van der Waals surface area (Å²) in [6, 6.07) is 12.2. The fourth-order valence-corrected chi connectivity index (χ4v) is 3.79. The van der Waals surface area contributed by atoms with Gasteiger partial charge in [-0.25, -0.2) is 0 Å². The fourth-order valence-electron chi connectivity index (χ4n) is 1.85. The van der Waals surface area contributed by atoms with E-state index in [0.717, 1.165) is 20.8 Å². The van der Waals surface area contributed by atoms with Gasteiger partial charge < -0.3 is 10.5 Å². The lowest BCUT2D eigenvalue weighted by Gasteiger charge is -2.23. The number of hydrogen-bond acceptors (Lipinski definition) is 4. The van der Waals surface area contributed by atoms with Crippen molar-refractivity contribution in [1.82, 2.24) is 0 Å². The minimum Gasteiger partial charge on any atom is -0.483 e. The van der Waals surface area contributed by atoms with Crippen LogP contribution in [0.1, 0.15) is 24.3 Å². The molecule has 1 aromatic carbocycles. The van der Waals surface area contributed by atoms with E-state index in [4.69, 9.17) is 10.5 Å². The monoisotopic (exact) mass is 371 g/mol. The van der Waals surface area contributed by atoms with Gasteiger partial charge in [-0.1, -0.05) is 6.92 Å². The van der Waals surface area contributed by atoms with Crippen LogP contribution in [0.25, 0.3) is 0 Å². The zero-order chi connectivity index (χ0) is 14.5. The molecule has 0 aliphatic heterocycles. The third kappa shape index (κ3) is 4.01. The first-order valence-corrected chi connectivity index (χ1v) is 9.29. The summed E-state index contributed by atoms with van der Waals surface area (Å²) in [4.78, 5) is 2.38. The Hall–Kier alpha value is -0.490. The highest BCUT2D eigenvalue weighted by molar-refractivity contribution is 9.11. The Labute approximate surface area is 136 Å². The Morgan fingerprint density at radius 1 is 1.25 bits per heavy atom. The van der Waals surface area contributed by atoms with Crippen LogP contribution in [0.5, 0.6) is 5.75 Å². The number of thioether (sulfide) groups is 1. The van der Waals surface area contributed by atoms with Gasteiger partial charge in [0.1, 0.15) is 11.9 Å². The third-order valence-electron chi connectivity index (χ3n) is 3.06. The highest BCUT2D eigenvalue weighted by atomic mass is 79.9. The summed E-state index contributed by atoms with van der Waals surface area (Å²) in [5.74, 6) is 0.862. The fraction of sp³-hybridized carbons (Fsp3) is 0.333. The molecule has 1 heterocycles. The maximum Gasteiger partial charge on any atom is 0.148 e. The van der Waals surface area contributed by atoms with Gasteiger partial charge in [0, 0.05) is 15.8 Å². The third-order valence-corrected chi connectivity index (χ3v) is 5.49. The zero-order valence-electron chi connectivity index (χ0n) is 11.5. The summed E-state index contributed by atoms with van der Waals surface area (Å²) in [6.07, 6.45) is 2.84. The predicted molar refractivity (Wildman–Crippen MR) is 91.9 cm³/mol. The summed E-state index contributed by atoms with van der Waals surface area (Å²) in [7, 11) is 0. The maximum atomic E-state index is 6.22. The summed E-state index contributed by atoms with van der Waals surface area (Å²) in [6.45, 7) is 2.08. The largest absolute Gasteiger partial charge is 0.483 e. The average molecular weight is 372 g/mol. The molecular formula is C15H18BrNOS2. The molecule has 2 atom stereocenters. The molecule has 0 radical (unpaired) electrons. The highest BCUT2D eigenvalue weighted by Gasteiger charge is 2.22. The van der Waals surface area contributed by atoms with Crippen molar-refractivity contribution in [2.75, 3.05) is 6.26 Å². The first-order chi connectivity index (χ1) is 9.63. The van der Waals surface area contributed by atoms with Crippen LogP contribution in [0.3, 0.4) is 0 Å². The van der Waals surface area contributed by atoms with Gasteiger partial charge in [0.2, 0.25) is 0 Å². The van der Waals surface area contributed by atoms with Crippen molar-refractivity contribution >= 4 is 39.0 Å². The van der Waals surface area contributed by atoms with E-state index in [0.29, 0.717) is 0 Å². The molecule has 0 fully saturated rings. The first kappa shape index (κ1) is 15.9. The van der Waals surface area contributed by atoms with Crippen molar-refractivity contribution in [1.29, 1.82) is 0 Å². The van der Waals surface area contributed by atoms with Gasteiger partial charge >= 0.3 is 0 Å². The molecular weight excluding hydrogens is 354 g/mol. The van der Waals surface area contributed by atoms with Crippen molar-refractivity contribution in [2.45, 2.75) is 30.4 Å². The normalized spacial score (nSPS) is 14.0. The Kier molecular flexibility index (Phi) is 5.96. The Bertz CT molecular complexity index is 541. The first-order valence-electron chi connectivity index (χ1n) is 6.45. The van der Waals surface area contributed by atoms with Crippen LogP contribution in [0.15, 0.2) is 45.1 Å².